The fourth-order valence-corrected chi connectivity index (χ4v) is 5.01. The van der Waals surface area contributed by atoms with Gasteiger partial charge in [-0.2, -0.15) is 0 Å². The first-order chi connectivity index (χ1) is 17.4. The van der Waals surface area contributed by atoms with E-state index < -0.39 is 11.3 Å². The van der Waals surface area contributed by atoms with Crippen LogP contribution in [0.1, 0.15) is 24.8 Å². The minimum atomic E-state index is -1.40. The number of imide groups is 1. The molecule has 4 rings (SSSR count). The Morgan fingerprint density at radius 2 is 1.67 bits per heavy atom. The lowest BCUT2D eigenvalue weighted by atomic mass is 9.75. The molecule has 0 N–H and O–H groups in total. The molecule has 2 aliphatic heterocycles. The van der Waals surface area contributed by atoms with Crippen LogP contribution < -0.4 is 9.64 Å². The fourth-order valence-electron chi connectivity index (χ4n) is 5.01. The number of piperazine rings is 1. The van der Waals surface area contributed by atoms with E-state index in [1.54, 1.807) is 36.3 Å². The number of carbonyl (C=O) groups is 4. The standard InChI is InChI=1S/C27H31N3O6/c1-35-16-8-13-30-24(32)18-27(26(30)34,21-11-6-7-12-22(21)36-2)17-23(31)28-14-15-29(25(33)19-28)20-9-4-3-5-10-20/h3-7,9-12H,8,13-19H2,1-2H3. The Balaban J connectivity index is 1.59. The lowest BCUT2D eigenvalue weighted by Crippen LogP contribution is -2.54. The summed E-state index contributed by atoms with van der Waals surface area (Å²) in [6.45, 7) is 1.22. The van der Waals surface area contributed by atoms with Gasteiger partial charge in [-0.1, -0.05) is 36.4 Å². The number of nitrogens with zero attached hydrogens (tertiary/aromatic N) is 3. The maximum atomic E-state index is 13.8. The first-order valence-corrected chi connectivity index (χ1v) is 12.0. The number of hydrogen-bond acceptors (Lipinski definition) is 6. The topological polar surface area (TPSA) is 96.5 Å². The molecule has 2 aliphatic rings. The van der Waals surface area contributed by atoms with E-state index in [4.69, 9.17) is 9.47 Å². The van der Waals surface area contributed by atoms with E-state index in [9.17, 15) is 19.2 Å². The monoisotopic (exact) mass is 493 g/mol. The summed E-state index contributed by atoms with van der Waals surface area (Å²) in [4.78, 5) is 57.6. The zero-order chi connectivity index (χ0) is 25.7. The number of benzene rings is 2. The minimum absolute atomic E-state index is 0.0879. The van der Waals surface area contributed by atoms with Gasteiger partial charge >= 0.3 is 0 Å². The van der Waals surface area contributed by atoms with Gasteiger partial charge in [0, 0.05) is 57.4 Å². The van der Waals surface area contributed by atoms with Crippen molar-refractivity contribution in [2.24, 2.45) is 0 Å². The van der Waals surface area contributed by atoms with Gasteiger partial charge in [-0.15, -0.1) is 0 Å². The zero-order valence-corrected chi connectivity index (χ0v) is 20.6. The first kappa shape index (κ1) is 25.4. The van der Waals surface area contributed by atoms with Gasteiger partial charge in [-0.05, 0) is 24.6 Å². The summed E-state index contributed by atoms with van der Waals surface area (Å²) < 4.78 is 10.6. The molecule has 4 amide bonds. The molecular formula is C27H31N3O6. The Hall–Kier alpha value is -3.72. The van der Waals surface area contributed by atoms with Crippen LogP contribution in [0.4, 0.5) is 5.69 Å². The summed E-state index contributed by atoms with van der Waals surface area (Å²) in [6, 6.07) is 16.3. The van der Waals surface area contributed by atoms with E-state index >= 15 is 0 Å². The molecule has 2 saturated heterocycles. The Bertz CT molecular complexity index is 1140. The summed E-state index contributed by atoms with van der Waals surface area (Å²) in [5, 5.41) is 0. The molecule has 1 atom stereocenters. The van der Waals surface area contributed by atoms with Gasteiger partial charge in [0.1, 0.15) is 12.3 Å². The van der Waals surface area contributed by atoms with Gasteiger partial charge in [0.05, 0.1) is 12.5 Å². The molecule has 1 unspecified atom stereocenters. The number of rotatable bonds is 9. The number of para-hydroxylation sites is 2. The number of amides is 4. The highest BCUT2D eigenvalue weighted by molar-refractivity contribution is 6.11. The average Bonchev–Trinajstić information content (AvgIpc) is 3.13. The van der Waals surface area contributed by atoms with Crippen LogP contribution in [0.5, 0.6) is 5.75 Å². The van der Waals surface area contributed by atoms with Crippen molar-refractivity contribution >= 4 is 29.3 Å². The molecule has 9 nitrogen and oxygen atoms in total. The predicted octanol–water partition coefficient (Wildman–Crippen LogP) is 1.99. The van der Waals surface area contributed by atoms with Crippen molar-refractivity contribution < 1.29 is 28.7 Å². The van der Waals surface area contributed by atoms with Gasteiger partial charge in [0.2, 0.25) is 23.6 Å². The second-order valence-electron chi connectivity index (χ2n) is 9.03. The Morgan fingerprint density at radius 1 is 0.944 bits per heavy atom. The number of methoxy groups -OCH3 is 2. The Kier molecular flexibility index (Phi) is 7.69. The zero-order valence-electron chi connectivity index (χ0n) is 20.6. The minimum Gasteiger partial charge on any atom is -0.496 e. The Labute approximate surface area is 210 Å². The maximum Gasteiger partial charge on any atom is 0.246 e. The number of likely N-dealkylation sites (tertiary alicyclic amines) is 1. The van der Waals surface area contributed by atoms with Crippen LogP contribution in [-0.4, -0.2) is 80.4 Å². The van der Waals surface area contributed by atoms with E-state index in [1.807, 2.05) is 30.3 Å². The molecule has 0 aliphatic carbocycles. The predicted molar refractivity (Wildman–Crippen MR) is 132 cm³/mol. The lowest BCUT2D eigenvalue weighted by molar-refractivity contribution is -0.143. The molecule has 0 bridgehead atoms. The molecule has 0 saturated carbocycles. The fraction of sp³-hybridized carbons (Fsp3) is 0.407. The second kappa shape index (κ2) is 10.9. The molecule has 2 heterocycles. The molecular weight excluding hydrogens is 462 g/mol. The number of carbonyl (C=O) groups excluding carboxylic acids is 4. The van der Waals surface area contributed by atoms with Crippen LogP contribution in [0.25, 0.3) is 0 Å². The first-order valence-electron chi connectivity index (χ1n) is 12.0. The van der Waals surface area contributed by atoms with Crippen molar-refractivity contribution in [3.05, 3.63) is 60.2 Å². The highest BCUT2D eigenvalue weighted by Crippen LogP contribution is 2.44. The smallest absolute Gasteiger partial charge is 0.246 e. The van der Waals surface area contributed by atoms with Crippen molar-refractivity contribution in [2.45, 2.75) is 24.7 Å². The van der Waals surface area contributed by atoms with Gasteiger partial charge in [-0.3, -0.25) is 24.1 Å². The Morgan fingerprint density at radius 3 is 2.36 bits per heavy atom. The van der Waals surface area contributed by atoms with Crippen LogP contribution >= 0.6 is 0 Å². The SMILES string of the molecule is COCCCN1C(=O)CC(CC(=O)N2CCN(c3ccccc3)C(=O)C2)(c2ccccc2OC)C1=O. The molecule has 2 aromatic carbocycles. The van der Waals surface area contributed by atoms with Crippen LogP contribution in [0.15, 0.2) is 54.6 Å². The quantitative estimate of drug-likeness (QED) is 0.392. The van der Waals surface area contributed by atoms with Crippen molar-refractivity contribution in [3.63, 3.8) is 0 Å². The van der Waals surface area contributed by atoms with E-state index in [0.29, 0.717) is 37.4 Å². The van der Waals surface area contributed by atoms with Crippen LogP contribution in [-0.2, 0) is 29.3 Å². The molecule has 36 heavy (non-hydrogen) atoms. The second-order valence-corrected chi connectivity index (χ2v) is 9.03. The highest BCUT2D eigenvalue weighted by Gasteiger charge is 2.55. The van der Waals surface area contributed by atoms with E-state index in [0.717, 1.165) is 5.69 Å². The largest absolute Gasteiger partial charge is 0.496 e. The summed E-state index contributed by atoms with van der Waals surface area (Å²) in [5.74, 6) is -0.852. The van der Waals surface area contributed by atoms with E-state index in [-0.39, 0.29) is 43.7 Å². The molecule has 0 spiro atoms. The van der Waals surface area contributed by atoms with Crippen molar-refractivity contribution in [3.8, 4) is 5.75 Å². The molecule has 0 radical (unpaired) electrons. The summed E-state index contributed by atoms with van der Waals surface area (Å²) in [5.41, 5.74) is -0.112. The number of hydrogen-bond donors (Lipinski definition) is 0. The summed E-state index contributed by atoms with van der Waals surface area (Å²) in [7, 11) is 3.05. The lowest BCUT2D eigenvalue weighted by Gasteiger charge is -2.36. The maximum absolute atomic E-state index is 13.8. The molecule has 2 aromatic rings. The van der Waals surface area contributed by atoms with Gasteiger partial charge in [0.15, 0.2) is 0 Å². The van der Waals surface area contributed by atoms with Gasteiger partial charge < -0.3 is 19.3 Å². The van der Waals surface area contributed by atoms with Crippen LogP contribution in [0.2, 0.25) is 0 Å². The third-order valence-electron chi connectivity index (χ3n) is 6.86. The van der Waals surface area contributed by atoms with Crippen LogP contribution in [0.3, 0.4) is 0 Å². The molecule has 190 valence electrons. The van der Waals surface area contributed by atoms with Crippen LogP contribution in [0, 0.1) is 0 Å². The van der Waals surface area contributed by atoms with Crippen molar-refractivity contribution in [2.75, 3.05) is 51.9 Å². The average molecular weight is 494 g/mol. The van der Waals surface area contributed by atoms with Gasteiger partial charge in [0.25, 0.3) is 0 Å². The third kappa shape index (κ3) is 4.83. The normalized spacial score (nSPS) is 20.3. The molecule has 2 fully saturated rings. The number of ether oxygens (including phenoxy) is 2. The summed E-state index contributed by atoms with van der Waals surface area (Å²) in [6.07, 6.45) is 0.139. The molecule has 9 heteroatoms. The van der Waals surface area contributed by atoms with E-state index in [2.05, 4.69) is 0 Å². The van der Waals surface area contributed by atoms with Crippen molar-refractivity contribution in [1.82, 2.24) is 9.80 Å². The van der Waals surface area contributed by atoms with E-state index in [1.165, 1.54) is 16.9 Å². The summed E-state index contributed by atoms with van der Waals surface area (Å²) >= 11 is 0. The number of anilines is 1. The molecule has 0 aromatic heterocycles. The third-order valence-corrected chi connectivity index (χ3v) is 6.86. The van der Waals surface area contributed by atoms with Crippen molar-refractivity contribution in [1.29, 1.82) is 0 Å². The van der Waals surface area contributed by atoms with Gasteiger partial charge in [-0.25, -0.2) is 0 Å². The highest BCUT2D eigenvalue weighted by atomic mass is 16.5.